The smallest absolute Gasteiger partial charge is 0.407 e. The number of nitrogens with one attached hydrogen (secondary N) is 3. The van der Waals surface area contributed by atoms with E-state index in [1.807, 2.05) is 88.4 Å². The number of ether oxygens (including phenoxy) is 3. The molecular weight excluding hydrogens is 767 g/mol. The molecule has 0 radical (unpaired) electrons. The van der Waals surface area contributed by atoms with Gasteiger partial charge in [-0.15, -0.1) is 0 Å². The summed E-state index contributed by atoms with van der Waals surface area (Å²) in [5.74, 6) is -0.597. The lowest BCUT2D eigenvalue weighted by Gasteiger charge is -2.30. The summed E-state index contributed by atoms with van der Waals surface area (Å²) in [4.78, 5) is 81.5. The molecule has 5 atom stereocenters. The van der Waals surface area contributed by atoms with Gasteiger partial charge in [-0.1, -0.05) is 82.3 Å². The van der Waals surface area contributed by atoms with Crippen LogP contribution in [-0.4, -0.2) is 97.0 Å². The van der Waals surface area contributed by atoms with Crippen LogP contribution in [0.3, 0.4) is 0 Å². The summed E-state index contributed by atoms with van der Waals surface area (Å²) in [5, 5.41) is 8.24. The summed E-state index contributed by atoms with van der Waals surface area (Å²) in [6.07, 6.45) is 2.30. The molecule has 0 aromatic heterocycles. The summed E-state index contributed by atoms with van der Waals surface area (Å²) in [7, 11) is 2.50. The maximum absolute atomic E-state index is 13.8. The van der Waals surface area contributed by atoms with Crippen molar-refractivity contribution < 1.29 is 43.0 Å². The van der Waals surface area contributed by atoms with Gasteiger partial charge in [0, 0.05) is 38.0 Å². The van der Waals surface area contributed by atoms with Gasteiger partial charge in [0.15, 0.2) is 5.78 Å². The molecule has 0 aliphatic carbocycles. The second kappa shape index (κ2) is 19.0. The van der Waals surface area contributed by atoms with Gasteiger partial charge in [0.25, 0.3) is 0 Å². The van der Waals surface area contributed by atoms with Gasteiger partial charge in [0.2, 0.25) is 17.7 Å². The number of Topliss-reactive ketones (excluding diaryl/α,β-unsaturated/α-hetero) is 1. The lowest BCUT2D eigenvalue weighted by Crippen LogP contribution is -2.54. The minimum absolute atomic E-state index is 0.0515. The minimum Gasteiger partial charge on any atom is -0.482 e. The Hall–Kier alpha value is -5.92. The van der Waals surface area contributed by atoms with Crippen LogP contribution in [-0.2, 0) is 53.5 Å². The number of methoxy groups -OCH3 is 2. The largest absolute Gasteiger partial charge is 0.482 e. The second-order valence-electron chi connectivity index (χ2n) is 16.7. The van der Waals surface area contributed by atoms with Crippen LogP contribution in [0.2, 0.25) is 0 Å². The lowest BCUT2D eigenvalue weighted by molar-refractivity contribution is -0.139. The Morgan fingerprint density at radius 1 is 0.733 bits per heavy atom. The second-order valence-corrected chi connectivity index (χ2v) is 16.7. The molecule has 2 saturated heterocycles. The van der Waals surface area contributed by atoms with Crippen molar-refractivity contribution in [2.45, 2.75) is 102 Å². The van der Waals surface area contributed by atoms with E-state index in [4.69, 9.17) is 14.2 Å². The highest BCUT2D eigenvalue weighted by atomic mass is 16.5. The number of carbonyl (C=O) groups is 6. The van der Waals surface area contributed by atoms with Crippen molar-refractivity contribution in [3.05, 3.63) is 95.1 Å². The molecule has 14 nitrogen and oxygen atoms in total. The first-order chi connectivity index (χ1) is 28.7. The van der Waals surface area contributed by atoms with Crippen molar-refractivity contribution in [3.63, 3.8) is 0 Å². The number of benzene rings is 3. The highest BCUT2D eigenvalue weighted by molar-refractivity contribution is 5.99. The standard InChI is InChI=1S/C46H57N5O9/c1-28(2)39(48-44(56)58-5)42(54)50-22-10-14-35(50)37(52)25-31-18-21-38-32(24-31)27-46(60-38,33-12-8-7-9-13-33)26-30-16-19-34(20-17-30)47-41(53)36-15-11-23-51(36)43(55)40(29(3)4)49-45(57)59-6/h7-9,12-13,16-21,24,28-29,35-36,39-40H,10-11,14-15,22-23,25-27H2,1-6H3,(H,47,53)(H,48,56)(H,49,57). The SMILES string of the molecule is COC(=O)NC(C(=O)N1CCCC1C(=O)Cc1ccc2c(c1)CC(Cc1ccc(NC(=O)C3CCCN3C(=O)C(NC(=O)OC)C(C)C)cc1)(c1ccccc1)O2)C(C)C. The number of rotatable bonds is 14. The average molecular weight is 824 g/mol. The number of anilines is 1. The van der Waals surface area contributed by atoms with E-state index in [0.29, 0.717) is 57.3 Å². The van der Waals surface area contributed by atoms with Gasteiger partial charge in [-0.3, -0.25) is 19.2 Å². The number of hydrogen-bond donors (Lipinski definition) is 3. The number of hydrogen-bond acceptors (Lipinski definition) is 9. The summed E-state index contributed by atoms with van der Waals surface area (Å²) in [6, 6.07) is 20.6. The molecule has 3 aliphatic rings. The number of nitrogens with zero attached hydrogens (tertiary/aromatic N) is 2. The number of likely N-dealkylation sites (tertiary alicyclic amines) is 2. The van der Waals surface area contributed by atoms with Crippen LogP contribution in [0.1, 0.15) is 75.6 Å². The predicted octanol–water partition coefficient (Wildman–Crippen LogP) is 5.55. The quantitative estimate of drug-likeness (QED) is 0.189. The molecule has 60 heavy (non-hydrogen) atoms. The molecule has 0 saturated carbocycles. The molecule has 0 spiro atoms. The first-order valence-corrected chi connectivity index (χ1v) is 20.8. The summed E-state index contributed by atoms with van der Waals surface area (Å²) < 4.78 is 16.3. The van der Waals surface area contributed by atoms with Crippen molar-refractivity contribution >= 4 is 41.4 Å². The van der Waals surface area contributed by atoms with Crippen LogP contribution in [0.25, 0.3) is 0 Å². The summed E-state index contributed by atoms with van der Waals surface area (Å²) >= 11 is 0. The van der Waals surface area contributed by atoms with Gasteiger partial charge < -0.3 is 40.0 Å². The van der Waals surface area contributed by atoms with Crippen LogP contribution in [0.4, 0.5) is 15.3 Å². The van der Waals surface area contributed by atoms with Crippen molar-refractivity contribution in [1.82, 2.24) is 20.4 Å². The van der Waals surface area contributed by atoms with Crippen LogP contribution in [0.5, 0.6) is 5.75 Å². The Bertz CT molecular complexity index is 2060. The van der Waals surface area contributed by atoms with E-state index in [-0.39, 0.29) is 41.8 Å². The Kier molecular flexibility index (Phi) is 13.8. The fourth-order valence-electron chi connectivity index (χ4n) is 8.64. The average Bonchev–Trinajstić information content (AvgIpc) is 4.02. The Morgan fingerprint density at radius 3 is 1.85 bits per heavy atom. The molecule has 2 fully saturated rings. The molecule has 320 valence electrons. The molecule has 3 aromatic carbocycles. The minimum atomic E-state index is -0.818. The molecule has 3 heterocycles. The number of ketones is 1. The molecule has 14 heteroatoms. The normalized spacial score (nSPS) is 20.5. The number of amides is 5. The van der Waals surface area contributed by atoms with E-state index in [0.717, 1.165) is 28.0 Å². The van der Waals surface area contributed by atoms with Crippen LogP contribution in [0.15, 0.2) is 72.8 Å². The van der Waals surface area contributed by atoms with Crippen molar-refractivity contribution in [1.29, 1.82) is 0 Å². The third kappa shape index (κ3) is 9.75. The number of fused-ring (bicyclic) bond motifs is 1. The van der Waals surface area contributed by atoms with Crippen molar-refractivity contribution in [2.24, 2.45) is 11.8 Å². The third-order valence-corrected chi connectivity index (χ3v) is 11.8. The molecule has 5 amide bonds. The van der Waals surface area contributed by atoms with Gasteiger partial charge >= 0.3 is 12.2 Å². The number of alkyl carbamates (subject to hydrolysis) is 2. The fraction of sp³-hybridized carbons (Fsp3) is 0.478. The highest BCUT2D eigenvalue weighted by Gasteiger charge is 2.43. The molecule has 3 N–H and O–H groups in total. The Labute approximate surface area is 351 Å². The maximum atomic E-state index is 13.8. The predicted molar refractivity (Wildman–Crippen MR) is 224 cm³/mol. The van der Waals surface area contributed by atoms with E-state index in [2.05, 4.69) is 28.1 Å². The van der Waals surface area contributed by atoms with E-state index < -0.39 is 42.0 Å². The number of carbonyl (C=O) groups excluding carboxylic acids is 6. The lowest BCUT2D eigenvalue weighted by atomic mass is 9.83. The zero-order chi connectivity index (χ0) is 43.1. The zero-order valence-corrected chi connectivity index (χ0v) is 35.3. The Balaban J connectivity index is 1.13. The highest BCUT2D eigenvalue weighted by Crippen LogP contribution is 2.44. The van der Waals surface area contributed by atoms with Crippen LogP contribution < -0.4 is 20.7 Å². The van der Waals surface area contributed by atoms with Gasteiger partial charge in [0.1, 0.15) is 29.5 Å². The first-order valence-electron chi connectivity index (χ1n) is 20.8. The monoisotopic (exact) mass is 823 g/mol. The van der Waals surface area contributed by atoms with E-state index in [9.17, 15) is 28.8 Å². The summed E-state index contributed by atoms with van der Waals surface area (Å²) in [5.41, 5.74) is 3.66. The zero-order valence-electron chi connectivity index (χ0n) is 35.3. The van der Waals surface area contributed by atoms with Gasteiger partial charge in [-0.2, -0.15) is 0 Å². The van der Waals surface area contributed by atoms with Crippen molar-refractivity contribution in [2.75, 3.05) is 32.6 Å². The van der Waals surface area contributed by atoms with E-state index in [1.54, 1.807) is 9.80 Å². The molecule has 5 unspecified atom stereocenters. The first kappa shape index (κ1) is 43.7. The van der Waals surface area contributed by atoms with Crippen LogP contribution >= 0.6 is 0 Å². The Morgan fingerprint density at radius 2 is 1.28 bits per heavy atom. The van der Waals surface area contributed by atoms with E-state index >= 15 is 0 Å². The van der Waals surface area contributed by atoms with Gasteiger partial charge in [0.05, 0.1) is 20.3 Å². The van der Waals surface area contributed by atoms with E-state index in [1.165, 1.54) is 14.2 Å². The molecule has 0 bridgehead atoms. The summed E-state index contributed by atoms with van der Waals surface area (Å²) in [6.45, 7) is 8.22. The third-order valence-electron chi connectivity index (χ3n) is 11.8. The molecular formula is C46H57N5O9. The molecule has 3 aromatic rings. The van der Waals surface area contributed by atoms with Gasteiger partial charge in [-0.25, -0.2) is 9.59 Å². The van der Waals surface area contributed by atoms with Gasteiger partial charge in [-0.05, 0) is 78.0 Å². The van der Waals surface area contributed by atoms with Crippen molar-refractivity contribution in [3.8, 4) is 5.75 Å². The molecule has 3 aliphatic heterocycles. The molecule has 6 rings (SSSR count). The topological polar surface area (TPSA) is 173 Å². The fourth-order valence-corrected chi connectivity index (χ4v) is 8.64. The maximum Gasteiger partial charge on any atom is 0.407 e. The van der Waals surface area contributed by atoms with Crippen LogP contribution in [0, 0.1) is 11.8 Å².